The summed E-state index contributed by atoms with van der Waals surface area (Å²) in [4.78, 5) is 22.4. The molecule has 0 spiro atoms. The van der Waals surface area contributed by atoms with Crippen molar-refractivity contribution in [2.24, 2.45) is 0 Å². The molecule has 2 aromatic carbocycles. The van der Waals surface area contributed by atoms with Gasteiger partial charge in [0.1, 0.15) is 5.75 Å². The number of rotatable bonds is 5. The van der Waals surface area contributed by atoms with Crippen molar-refractivity contribution in [2.45, 2.75) is 26.9 Å². The maximum atomic E-state index is 12.2. The third-order valence-corrected chi connectivity index (χ3v) is 3.34. The molecule has 0 aliphatic heterocycles. The Hall–Kier alpha value is -2.89. The van der Waals surface area contributed by atoms with Crippen molar-refractivity contribution in [1.29, 1.82) is 0 Å². The van der Waals surface area contributed by atoms with Crippen LogP contribution in [0.4, 0.5) is 11.4 Å². The molecule has 0 aromatic heterocycles. The first-order valence-electron chi connectivity index (χ1n) is 7.16. The summed E-state index contributed by atoms with van der Waals surface area (Å²) in [5.41, 5.74) is 2.26. The first-order chi connectivity index (χ1) is 10.9. The fourth-order valence-electron chi connectivity index (χ4n) is 2.02. The molecular formula is C17H18N2O4. The lowest BCUT2D eigenvalue weighted by molar-refractivity contribution is -0.384. The van der Waals surface area contributed by atoms with Crippen molar-refractivity contribution in [3.05, 3.63) is 63.7 Å². The number of nitro groups is 1. The van der Waals surface area contributed by atoms with E-state index < -0.39 is 11.0 Å². The molecule has 1 N–H and O–H groups in total. The summed E-state index contributed by atoms with van der Waals surface area (Å²) in [6.07, 6.45) is -0.727. The van der Waals surface area contributed by atoms with Crippen molar-refractivity contribution in [2.75, 3.05) is 5.32 Å². The lowest BCUT2D eigenvalue weighted by Crippen LogP contribution is -2.30. The van der Waals surface area contributed by atoms with Crippen molar-refractivity contribution < 1.29 is 14.5 Å². The van der Waals surface area contributed by atoms with Crippen molar-refractivity contribution in [3.8, 4) is 5.75 Å². The molecule has 0 fully saturated rings. The monoisotopic (exact) mass is 314 g/mol. The molecule has 0 heterocycles. The second-order valence-electron chi connectivity index (χ2n) is 5.33. The highest BCUT2D eigenvalue weighted by Gasteiger charge is 2.17. The van der Waals surface area contributed by atoms with Crippen molar-refractivity contribution in [1.82, 2.24) is 0 Å². The topological polar surface area (TPSA) is 81.5 Å². The smallest absolute Gasteiger partial charge is 0.271 e. The number of carbonyl (C=O) groups is 1. The molecular weight excluding hydrogens is 296 g/mol. The van der Waals surface area contributed by atoms with E-state index in [0.29, 0.717) is 11.4 Å². The highest BCUT2D eigenvalue weighted by molar-refractivity contribution is 5.94. The number of nitro benzene ring substituents is 1. The SMILES string of the molecule is Cc1ccc(C)c(O[C@H](C)C(=O)Nc2cccc([N+](=O)[O-])c2)c1. The quantitative estimate of drug-likeness (QED) is 0.675. The molecule has 0 aliphatic carbocycles. The number of carbonyl (C=O) groups excluding carboxylic acids is 1. The standard InChI is InChI=1S/C17H18N2O4/c1-11-7-8-12(2)16(9-11)23-13(3)17(20)18-14-5-4-6-15(10-14)19(21)22/h4-10,13H,1-3H3,(H,18,20)/t13-/m1/s1. The molecule has 23 heavy (non-hydrogen) atoms. The molecule has 0 bridgehead atoms. The van der Waals surface area contributed by atoms with Gasteiger partial charge >= 0.3 is 0 Å². The van der Waals surface area contributed by atoms with E-state index in [-0.39, 0.29) is 11.6 Å². The van der Waals surface area contributed by atoms with E-state index in [1.54, 1.807) is 13.0 Å². The van der Waals surface area contributed by atoms with Crippen LogP contribution in [0.1, 0.15) is 18.1 Å². The predicted octanol–water partition coefficient (Wildman–Crippen LogP) is 3.62. The molecule has 2 aromatic rings. The van der Waals surface area contributed by atoms with E-state index in [1.807, 2.05) is 32.0 Å². The number of ether oxygens (including phenoxy) is 1. The van der Waals surface area contributed by atoms with Gasteiger partial charge in [-0.1, -0.05) is 18.2 Å². The summed E-state index contributed by atoms with van der Waals surface area (Å²) in [6, 6.07) is 11.5. The van der Waals surface area contributed by atoms with Gasteiger partial charge in [0, 0.05) is 17.8 Å². The highest BCUT2D eigenvalue weighted by Crippen LogP contribution is 2.21. The van der Waals surface area contributed by atoms with E-state index in [4.69, 9.17) is 4.74 Å². The van der Waals surface area contributed by atoms with Crippen LogP contribution in [0.15, 0.2) is 42.5 Å². The minimum atomic E-state index is -0.727. The van der Waals surface area contributed by atoms with Crippen molar-refractivity contribution in [3.63, 3.8) is 0 Å². The maximum absolute atomic E-state index is 12.2. The van der Waals surface area contributed by atoms with Crippen molar-refractivity contribution >= 4 is 17.3 Å². The molecule has 6 heteroatoms. The van der Waals surface area contributed by atoms with Gasteiger partial charge in [0.2, 0.25) is 0 Å². The molecule has 1 amide bonds. The van der Waals surface area contributed by atoms with Crippen LogP contribution in [-0.4, -0.2) is 16.9 Å². The largest absolute Gasteiger partial charge is 0.481 e. The van der Waals surface area contributed by atoms with Gasteiger partial charge in [-0.2, -0.15) is 0 Å². The van der Waals surface area contributed by atoms with Crippen LogP contribution in [0.2, 0.25) is 0 Å². The van der Waals surface area contributed by atoms with Crippen LogP contribution >= 0.6 is 0 Å². The van der Waals surface area contributed by atoms with Crippen LogP contribution in [0, 0.1) is 24.0 Å². The second kappa shape index (κ2) is 6.91. The Morgan fingerprint density at radius 2 is 1.96 bits per heavy atom. The molecule has 120 valence electrons. The first kappa shape index (κ1) is 16.5. The Balaban J connectivity index is 2.07. The average molecular weight is 314 g/mol. The first-order valence-corrected chi connectivity index (χ1v) is 7.16. The van der Waals surface area contributed by atoms with Gasteiger partial charge in [-0.05, 0) is 44.0 Å². The number of anilines is 1. The van der Waals surface area contributed by atoms with Crippen LogP contribution < -0.4 is 10.1 Å². The van der Waals surface area contributed by atoms with E-state index in [0.717, 1.165) is 11.1 Å². The highest BCUT2D eigenvalue weighted by atomic mass is 16.6. The summed E-state index contributed by atoms with van der Waals surface area (Å²) in [5.74, 6) is 0.276. The summed E-state index contributed by atoms with van der Waals surface area (Å²) < 4.78 is 5.69. The number of amides is 1. The zero-order chi connectivity index (χ0) is 17.0. The third kappa shape index (κ3) is 4.29. The Labute approximate surface area is 134 Å². The number of benzene rings is 2. The molecule has 2 rings (SSSR count). The Morgan fingerprint density at radius 3 is 2.65 bits per heavy atom. The minimum absolute atomic E-state index is 0.0779. The van der Waals surface area contributed by atoms with Crippen LogP contribution in [-0.2, 0) is 4.79 Å². The number of nitrogens with one attached hydrogen (secondary N) is 1. The summed E-state index contributed by atoms with van der Waals surface area (Å²) in [6.45, 7) is 5.48. The van der Waals surface area contributed by atoms with Gasteiger partial charge < -0.3 is 10.1 Å². The number of non-ortho nitro benzene ring substituents is 1. The number of aryl methyl sites for hydroxylation is 2. The number of hydrogen-bond acceptors (Lipinski definition) is 4. The van der Waals surface area contributed by atoms with Gasteiger partial charge in [-0.25, -0.2) is 0 Å². The van der Waals surface area contributed by atoms with Gasteiger partial charge in [-0.15, -0.1) is 0 Å². The van der Waals surface area contributed by atoms with E-state index in [9.17, 15) is 14.9 Å². The van der Waals surface area contributed by atoms with Gasteiger partial charge in [0.05, 0.1) is 4.92 Å². The summed E-state index contributed by atoms with van der Waals surface area (Å²) in [5, 5.41) is 13.4. The molecule has 0 saturated heterocycles. The zero-order valence-corrected chi connectivity index (χ0v) is 13.2. The fourth-order valence-corrected chi connectivity index (χ4v) is 2.02. The third-order valence-electron chi connectivity index (χ3n) is 3.34. The van der Waals surface area contributed by atoms with E-state index in [2.05, 4.69) is 5.32 Å². The van der Waals surface area contributed by atoms with Gasteiger partial charge in [0.25, 0.3) is 11.6 Å². The Kier molecular flexibility index (Phi) is 4.95. The van der Waals surface area contributed by atoms with Crippen LogP contribution in [0.5, 0.6) is 5.75 Å². The fraction of sp³-hybridized carbons (Fsp3) is 0.235. The average Bonchev–Trinajstić information content (AvgIpc) is 2.51. The summed E-state index contributed by atoms with van der Waals surface area (Å²) >= 11 is 0. The Bertz CT molecular complexity index is 743. The second-order valence-corrected chi connectivity index (χ2v) is 5.33. The normalized spacial score (nSPS) is 11.6. The number of hydrogen-bond donors (Lipinski definition) is 1. The van der Waals surface area contributed by atoms with Crippen LogP contribution in [0.25, 0.3) is 0 Å². The van der Waals surface area contributed by atoms with Gasteiger partial charge in [0.15, 0.2) is 6.10 Å². The Morgan fingerprint density at radius 1 is 1.22 bits per heavy atom. The maximum Gasteiger partial charge on any atom is 0.271 e. The van der Waals surface area contributed by atoms with Gasteiger partial charge in [-0.3, -0.25) is 14.9 Å². The lowest BCUT2D eigenvalue weighted by Gasteiger charge is -2.16. The van der Waals surface area contributed by atoms with E-state index >= 15 is 0 Å². The molecule has 6 nitrogen and oxygen atoms in total. The van der Waals surface area contributed by atoms with E-state index in [1.165, 1.54) is 18.2 Å². The molecule has 0 unspecified atom stereocenters. The minimum Gasteiger partial charge on any atom is -0.481 e. The van der Waals surface area contributed by atoms with Crippen LogP contribution in [0.3, 0.4) is 0 Å². The zero-order valence-electron chi connectivity index (χ0n) is 13.2. The lowest BCUT2D eigenvalue weighted by atomic mass is 10.1. The number of nitrogens with zero attached hydrogens (tertiary/aromatic N) is 1. The molecule has 1 atom stereocenters. The molecule has 0 aliphatic rings. The summed E-state index contributed by atoms with van der Waals surface area (Å²) in [7, 11) is 0. The molecule has 0 saturated carbocycles. The predicted molar refractivity (Wildman–Crippen MR) is 87.7 cm³/mol. The molecule has 0 radical (unpaired) electrons.